The third-order valence-corrected chi connectivity index (χ3v) is 5.07. The summed E-state index contributed by atoms with van der Waals surface area (Å²) in [7, 11) is -3.43. The minimum atomic E-state index is -3.43. The van der Waals surface area contributed by atoms with E-state index in [9.17, 15) is 8.42 Å². The van der Waals surface area contributed by atoms with Crippen molar-refractivity contribution < 1.29 is 8.42 Å². The van der Waals surface area contributed by atoms with Crippen molar-refractivity contribution >= 4 is 26.9 Å². The van der Waals surface area contributed by atoms with E-state index < -0.39 is 15.3 Å². The van der Waals surface area contributed by atoms with Gasteiger partial charge in [0.15, 0.2) is 0 Å². The van der Waals surface area contributed by atoms with Crippen LogP contribution in [0.1, 0.15) is 12.8 Å². The van der Waals surface area contributed by atoms with Gasteiger partial charge in [0.1, 0.15) is 5.82 Å². The van der Waals surface area contributed by atoms with Gasteiger partial charge in [-0.15, -0.1) is 0 Å². The van der Waals surface area contributed by atoms with Gasteiger partial charge in [-0.05, 0) is 25.0 Å². The third-order valence-electron chi connectivity index (χ3n) is 3.67. The summed E-state index contributed by atoms with van der Waals surface area (Å²) < 4.78 is 22.7. The fourth-order valence-electron chi connectivity index (χ4n) is 2.51. The highest BCUT2D eigenvalue weighted by Gasteiger charge is 2.27. The topological polar surface area (TPSA) is 89.2 Å². The Hall–Kier alpha value is -1.73. The Morgan fingerprint density at radius 3 is 2.45 bits per heavy atom. The molecule has 0 atom stereocenters. The lowest BCUT2D eigenvalue weighted by molar-refractivity contribution is 0.529. The number of para-hydroxylation sites is 2. The van der Waals surface area contributed by atoms with E-state index in [1.165, 1.54) is 0 Å². The molecule has 0 aliphatic carbocycles. The molecule has 0 saturated carbocycles. The van der Waals surface area contributed by atoms with Gasteiger partial charge in [-0.1, -0.05) is 12.1 Å². The first-order valence-electron chi connectivity index (χ1n) is 6.52. The van der Waals surface area contributed by atoms with Gasteiger partial charge in [0.05, 0.1) is 22.5 Å². The van der Waals surface area contributed by atoms with Crippen LogP contribution in [0.5, 0.6) is 0 Å². The maximum absolute atomic E-state index is 11.3. The van der Waals surface area contributed by atoms with Gasteiger partial charge < -0.3 is 4.90 Å². The van der Waals surface area contributed by atoms with Crippen molar-refractivity contribution in [1.82, 2.24) is 9.97 Å². The highest BCUT2D eigenvalue weighted by molar-refractivity contribution is 7.89. The molecule has 0 unspecified atom stereocenters. The zero-order chi connectivity index (χ0) is 14.2. The van der Waals surface area contributed by atoms with E-state index in [-0.39, 0.29) is 0 Å². The van der Waals surface area contributed by atoms with Crippen molar-refractivity contribution in [2.75, 3.05) is 18.0 Å². The summed E-state index contributed by atoms with van der Waals surface area (Å²) in [4.78, 5) is 11.0. The molecule has 1 aromatic carbocycles. The van der Waals surface area contributed by atoms with Crippen LogP contribution in [-0.2, 0) is 10.0 Å². The molecule has 1 aliphatic heterocycles. The average molecular weight is 292 g/mol. The van der Waals surface area contributed by atoms with Gasteiger partial charge in [-0.2, -0.15) is 0 Å². The van der Waals surface area contributed by atoms with Crippen LogP contribution in [0, 0.1) is 0 Å². The Labute approximate surface area is 117 Å². The number of nitrogens with two attached hydrogens (primary N) is 1. The summed E-state index contributed by atoms with van der Waals surface area (Å²) in [6, 6.07) is 7.69. The minimum Gasteiger partial charge on any atom is -0.355 e. The molecule has 1 aliphatic rings. The third kappa shape index (κ3) is 2.59. The molecular formula is C13H16N4O2S. The van der Waals surface area contributed by atoms with Crippen molar-refractivity contribution in [1.29, 1.82) is 0 Å². The average Bonchev–Trinajstić information content (AvgIpc) is 2.46. The van der Waals surface area contributed by atoms with E-state index in [1.807, 2.05) is 24.3 Å². The molecule has 0 bridgehead atoms. The normalized spacial score (nSPS) is 17.6. The molecule has 2 heterocycles. The number of hydrogen-bond acceptors (Lipinski definition) is 5. The van der Waals surface area contributed by atoms with Crippen LogP contribution in [0.25, 0.3) is 11.0 Å². The molecule has 0 radical (unpaired) electrons. The number of rotatable bonds is 2. The van der Waals surface area contributed by atoms with Gasteiger partial charge in [0.25, 0.3) is 0 Å². The molecule has 106 valence electrons. The van der Waals surface area contributed by atoms with Crippen LogP contribution >= 0.6 is 0 Å². The Morgan fingerprint density at radius 2 is 1.80 bits per heavy atom. The van der Waals surface area contributed by atoms with Crippen molar-refractivity contribution in [3.63, 3.8) is 0 Å². The van der Waals surface area contributed by atoms with E-state index >= 15 is 0 Å². The SMILES string of the molecule is NS(=O)(=O)C1CCN(c2cnc3ccccc3n2)CC1. The number of sulfonamides is 1. The zero-order valence-electron chi connectivity index (χ0n) is 10.9. The lowest BCUT2D eigenvalue weighted by atomic mass is 10.1. The largest absolute Gasteiger partial charge is 0.355 e. The van der Waals surface area contributed by atoms with Gasteiger partial charge in [-0.3, -0.25) is 4.98 Å². The molecule has 20 heavy (non-hydrogen) atoms. The van der Waals surface area contributed by atoms with Crippen LogP contribution in [0.3, 0.4) is 0 Å². The van der Waals surface area contributed by atoms with E-state index in [2.05, 4.69) is 14.9 Å². The van der Waals surface area contributed by atoms with Crippen molar-refractivity contribution in [3.05, 3.63) is 30.5 Å². The smallest absolute Gasteiger partial charge is 0.212 e. The van der Waals surface area contributed by atoms with Crippen molar-refractivity contribution in [3.8, 4) is 0 Å². The fourth-order valence-corrected chi connectivity index (χ4v) is 3.38. The highest BCUT2D eigenvalue weighted by Crippen LogP contribution is 2.21. The number of hydrogen-bond donors (Lipinski definition) is 1. The Morgan fingerprint density at radius 1 is 1.15 bits per heavy atom. The number of anilines is 1. The number of aromatic nitrogens is 2. The zero-order valence-corrected chi connectivity index (χ0v) is 11.8. The predicted molar refractivity (Wildman–Crippen MR) is 77.9 cm³/mol. The summed E-state index contributed by atoms with van der Waals surface area (Å²) in [5.41, 5.74) is 1.70. The lowest BCUT2D eigenvalue weighted by Crippen LogP contribution is -2.42. The monoisotopic (exact) mass is 292 g/mol. The first-order chi connectivity index (χ1) is 9.54. The molecule has 2 aromatic rings. The molecule has 6 nitrogen and oxygen atoms in total. The number of benzene rings is 1. The van der Waals surface area contributed by atoms with Gasteiger partial charge >= 0.3 is 0 Å². The molecule has 7 heteroatoms. The van der Waals surface area contributed by atoms with Gasteiger partial charge in [0, 0.05) is 13.1 Å². The van der Waals surface area contributed by atoms with Gasteiger partial charge in [0.2, 0.25) is 10.0 Å². The predicted octanol–water partition coefficient (Wildman–Crippen LogP) is 0.887. The van der Waals surface area contributed by atoms with Crippen molar-refractivity contribution in [2.45, 2.75) is 18.1 Å². The van der Waals surface area contributed by atoms with E-state index in [0.29, 0.717) is 25.9 Å². The molecule has 3 rings (SSSR count). The fraction of sp³-hybridized carbons (Fsp3) is 0.385. The Kier molecular flexibility index (Phi) is 3.31. The molecule has 0 amide bonds. The van der Waals surface area contributed by atoms with E-state index in [0.717, 1.165) is 16.9 Å². The van der Waals surface area contributed by atoms with Crippen LogP contribution < -0.4 is 10.0 Å². The Balaban J connectivity index is 1.80. The summed E-state index contributed by atoms with van der Waals surface area (Å²) in [5, 5.41) is 4.76. The molecule has 2 N–H and O–H groups in total. The molecule has 0 spiro atoms. The number of primary sulfonamides is 1. The first-order valence-corrected chi connectivity index (χ1v) is 8.13. The second-order valence-electron chi connectivity index (χ2n) is 4.99. The van der Waals surface area contributed by atoms with Crippen molar-refractivity contribution in [2.24, 2.45) is 5.14 Å². The molecular weight excluding hydrogens is 276 g/mol. The number of fused-ring (bicyclic) bond motifs is 1. The number of piperidine rings is 1. The summed E-state index contributed by atoms with van der Waals surface area (Å²) in [6.07, 6.45) is 2.81. The highest BCUT2D eigenvalue weighted by atomic mass is 32.2. The van der Waals surface area contributed by atoms with Crippen LogP contribution in [0.2, 0.25) is 0 Å². The standard InChI is InChI=1S/C13H16N4O2S/c14-20(18,19)10-5-7-17(8-6-10)13-9-15-11-3-1-2-4-12(11)16-13/h1-4,9-10H,5-8H2,(H2,14,18,19). The van der Waals surface area contributed by atoms with E-state index in [1.54, 1.807) is 6.20 Å². The first kappa shape index (κ1) is 13.3. The minimum absolute atomic E-state index is 0.438. The summed E-state index contributed by atoms with van der Waals surface area (Å²) in [5.74, 6) is 0.788. The van der Waals surface area contributed by atoms with Crippen LogP contribution in [0.4, 0.5) is 5.82 Å². The molecule has 1 fully saturated rings. The van der Waals surface area contributed by atoms with Crippen LogP contribution in [-0.4, -0.2) is 36.7 Å². The second-order valence-corrected chi connectivity index (χ2v) is 6.84. The Bertz CT molecular complexity index is 724. The lowest BCUT2D eigenvalue weighted by Gasteiger charge is -2.31. The summed E-state index contributed by atoms with van der Waals surface area (Å²) in [6.45, 7) is 1.27. The number of nitrogens with zero attached hydrogens (tertiary/aromatic N) is 3. The molecule has 1 saturated heterocycles. The maximum Gasteiger partial charge on any atom is 0.212 e. The maximum atomic E-state index is 11.3. The summed E-state index contributed by atoms with van der Waals surface area (Å²) >= 11 is 0. The van der Waals surface area contributed by atoms with E-state index in [4.69, 9.17) is 5.14 Å². The molecule has 1 aromatic heterocycles. The van der Waals surface area contributed by atoms with Gasteiger partial charge in [-0.25, -0.2) is 18.5 Å². The van der Waals surface area contributed by atoms with Crippen LogP contribution in [0.15, 0.2) is 30.5 Å². The quantitative estimate of drug-likeness (QED) is 0.887. The second kappa shape index (κ2) is 4.99.